The summed E-state index contributed by atoms with van der Waals surface area (Å²) in [4.78, 5) is 10.3. The van der Waals surface area contributed by atoms with Gasteiger partial charge in [0.15, 0.2) is 9.84 Å². The zero-order valence-electron chi connectivity index (χ0n) is 7.73. The van der Waals surface area contributed by atoms with Crippen LogP contribution < -0.4 is 5.73 Å². The Labute approximate surface area is 77.8 Å². The Kier molecular flexibility index (Phi) is 4.35. The van der Waals surface area contributed by atoms with Crippen molar-refractivity contribution in [2.45, 2.75) is 31.6 Å². The van der Waals surface area contributed by atoms with Gasteiger partial charge in [-0.3, -0.25) is 4.79 Å². The van der Waals surface area contributed by atoms with Gasteiger partial charge in [-0.1, -0.05) is 0 Å². The van der Waals surface area contributed by atoms with Crippen LogP contribution in [0.5, 0.6) is 0 Å². The molecule has 0 fully saturated rings. The molecule has 0 rings (SSSR count). The van der Waals surface area contributed by atoms with E-state index in [1.807, 2.05) is 0 Å². The second-order valence-corrected chi connectivity index (χ2v) is 5.83. The highest BCUT2D eigenvalue weighted by atomic mass is 32.2. The quantitative estimate of drug-likeness (QED) is 0.642. The van der Waals surface area contributed by atoms with Gasteiger partial charge in [-0.2, -0.15) is 0 Å². The van der Waals surface area contributed by atoms with Crippen molar-refractivity contribution in [2.24, 2.45) is 5.73 Å². The summed E-state index contributed by atoms with van der Waals surface area (Å²) in [6, 6.07) is -1.09. The second-order valence-electron chi connectivity index (χ2n) is 3.15. The summed E-state index contributed by atoms with van der Waals surface area (Å²) in [6.45, 7) is 3.11. The van der Waals surface area contributed by atoms with Gasteiger partial charge >= 0.3 is 5.97 Å². The first kappa shape index (κ1) is 12.4. The van der Waals surface area contributed by atoms with Crippen LogP contribution in [0.25, 0.3) is 0 Å². The summed E-state index contributed by atoms with van der Waals surface area (Å²) in [5.74, 6) is -1.34. The molecule has 0 aromatic rings. The number of hydrogen-bond acceptors (Lipinski definition) is 4. The minimum Gasteiger partial charge on any atom is -0.480 e. The molecule has 0 spiro atoms. The average Bonchev–Trinajstić information content (AvgIpc) is 1.99. The highest BCUT2D eigenvalue weighted by molar-refractivity contribution is 7.91. The fourth-order valence-electron chi connectivity index (χ4n) is 0.650. The van der Waals surface area contributed by atoms with Crippen molar-refractivity contribution in [3.63, 3.8) is 0 Å². The molecule has 0 aliphatic rings. The lowest BCUT2D eigenvalue weighted by atomic mass is 10.2. The summed E-state index contributed by atoms with van der Waals surface area (Å²) >= 11 is 0. The predicted molar refractivity (Wildman–Crippen MR) is 49.2 cm³/mol. The van der Waals surface area contributed by atoms with E-state index in [9.17, 15) is 13.2 Å². The number of rotatable bonds is 5. The molecule has 78 valence electrons. The zero-order valence-corrected chi connectivity index (χ0v) is 8.54. The number of carboxylic acids is 1. The van der Waals surface area contributed by atoms with Gasteiger partial charge in [0.2, 0.25) is 0 Å². The molecule has 0 aliphatic carbocycles. The Morgan fingerprint density at radius 2 is 1.92 bits per heavy atom. The Hall–Kier alpha value is -0.620. The lowest BCUT2D eigenvalue weighted by Gasteiger charge is -2.09. The van der Waals surface area contributed by atoms with Gasteiger partial charge in [-0.25, -0.2) is 8.42 Å². The minimum atomic E-state index is -3.17. The average molecular weight is 209 g/mol. The molecule has 0 bridgehead atoms. The van der Waals surface area contributed by atoms with E-state index in [4.69, 9.17) is 10.8 Å². The van der Waals surface area contributed by atoms with Crippen LogP contribution >= 0.6 is 0 Å². The van der Waals surface area contributed by atoms with Gasteiger partial charge in [-0.15, -0.1) is 0 Å². The van der Waals surface area contributed by atoms with E-state index in [2.05, 4.69) is 0 Å². The Morgan fingerprint density at radius 3 is 2.23 bits per heavy atom. The highest BCUT2D eigenvalue weighted by Gasteiger charge is 2.20. The minimum absolute atomic E-state index is 0.0319. The molecule has 5 nitrogen and oxygen atoms in total. The first-order valence-corrected chi connectivity index (χ1v) is 5.69. The van der Waals surface area contributed by atoms with Crippen molar-refractivity contribution < 1.29 is 18.3 Å². The van der Waals surface area contributed by atoms with Gasteiger partial charge < -0.3 is 10.8 Å². The number of sulfone groups is 1. The Morgan fingerprint density at radius 1 is 1.46 bits per heavy atom. The van der Waals surface area contributed by atoms with Crippen LogP contribution in [0, 0.1) is 0 Å². The van der Waals surface area contributed by atoms with Crippen molar-refractivity contribution >= 4 is 15.8 Å². The molecular formula is C7H15NO4S. The molecule has 0 radical (unpaired) electrons. The molecule has 1 atom stereocenters. The number of nitrogens with two attached hydrogens (primary N) is 1. The maximum atomic E-state index is 11.2. The molecule has 1 unspecified atom stereocenters. The SMILES string of the molecule is CC(C)S(=O)(=O)CCC(N)C(=O)O. The van der Waals surface area contributed by atoms with Gasteiger partial charge in [-0.05, 0) is 20.3 Å². The molecule has 0 aromatic heterocycles. The van der Waals surface area contributed by atoms with Crippen LogP contribution in [0.3, 0.4) is 0 Å². The largest absolute Gasteiger partial charge is 0.480 e. The Bertz CT molecular complexity index is 270. The Balaban J connectivity index is 4.11. The third-order valence-corrected chi connectivity index (χ3v) is 3.99. The number of carbonyl (C=O) groups is 1. The summed E-state index contributed by atoms with van der Waals surface area (Å²) in [5, 5.41) is 7.92. The van der Waals surface area contributed by atoms with Crippen LogP contribution in [-0.2, 0) is 14.6 Å². The van der Waals surface area contributed by atoms with Gasteiger partial charge in [0.1, 0.15) is 6.04 Å². The molecule has 0 heterocycles. The van der Waals surface area contributed by atoms with Crippen LogP contribution in [0.4, 0.5) is 0 Å². The molecule has 0 saturated heterocycles. The summed E-state index contributed by atoms with van der Waals surface area (Å²) in [6.07, 6.45) is -0.0319. The van der Waals surface area contributed by atoms with Crippen molar-refractivity contribution in [2.75, 3.05) is 5.75 Å². The first-order valence-electron chi connectivity index (χ1n) is 3.97. The molecule has 0 aliphatic heterocycles. The molecule has 3 N–H and O–H groups in total. The molecule has 0 aromatic carbocycles. The van der Waals surface area contributed by atoms with E-state index in [-0.39, 0.29) is 12.2 Å². The van der Waals surface area contributed by atoms with Crippen LogP contribution in [0.15, 0.2) is 0 Å². The van der Waals surface area contributed by atoms with Crippen molar-refractivity contribution in [1.29, 1.82) is 0 Å². The van der Waals surface area contributed by atoms with Crippen molar-refractivity contribution in [3.05, 3.63) is 0 Å². The number of aliphatic carboxylic acids is 1. The molecule has 6 heteroatoms. The van der Waals surface area contributed by atoms with Crippen LogP contribution in [0.1, 0.15) is 20.3 Å². The van der Waals surface area contributed by atoms with E-state index in [1.165, 1.54) is 0 Å². The standard InChI is InChI=1S/C7H15NO4S/c1-5(2)13(11,12)4-3-6(8)7(9)10/h5-6H,3-4,8H2,1-2H3,(H,9,10). The number of carboxylic acid groups (broad SMARTS) is 1. The number of hydrogen-bond donors (Lipinski definition) is 2. The van der Waals surface area contributed by atoms with E-state index in [0.717, 1.165) is 0 Å². The van der Waals surface area contributed by atoms with Crippen LogP contribution in [0.2, 0.25) is 0 Å². The summed E-state index contributed by atoms with van der Waals surface area (Å²) in [7, 11) is -3.17. The molecule has 0 saturated carbocycles. The summed E-state index contributed by atoms with van der Waals surface area (Å²) < 4.78 is 22.4. The third-order valence-electron chi connectivity index (χ3n) is 1.75. The third kappa shape index (κ3) is 4.23. The fourth-order valence-corrected chi connectivity index (χ4v) is 1.70. The van der Waals surface area contributed by atoms with Crippen LogP contribution in [-0.4, -0.2) is 36.5 Å². The fraction of sp³-hybridized carbons (Fsp3) is 0.857. The van der Waals surface area contributed by atoms with E-state index in [1.54, 1.807) is 13.8 Å². The van der Waals surface area contributed by atoms with Gasteiger partial charge in [0.25, 0.3) is 0 Å². The molecule has 13 heavy (non-hydrogen) atoms. The topological polar surface area (TPSA) is 97.5 Å². The second kappa shape index (κ2) is 4.57. The van der Waals surface area contributed by atoms with Crippen molar-refractivity contribution in [3.8, 4) is 0 Å². The summed E-state index contributed by atoms with van der Waals surface area (Å²) in [5.41, 5.74) is 5.16. The van der Waals surface area contributed by atoms with Gasteiger partial charge in [0.05, 0.1) is 11.0 Å². The monoisotopic (exact) mass is 209 g/mol. The van der Waals surface area contributed by atoms with E-state index in [0.29, 0.717) is 0 Å². The smallest absolute Gasteiger partial charge is 0.320 e. The van der Waals surface area contributed by atoms with Crippen molar-refractivity contribution in [1.82, 2.24) is 0 Å². The maximum Gasteiger partial charge on any atom is 0.320 e. The molecular weight excluding hydrogens is 194 g/mol. The predicted octanol–water partition coefficient (Wildman–Crippen LogP) is -0.388. The molecule has 0 amide bonds. The normalized spacial score (nSPS) is 14.5. The van der Waals surface area contributed by atoms with E-state index >= 15 is 0 Å². The zero-order chi connectivity index (χ0) is 10.6. The first-order chi connectivity index (χ1) is 5.77. The lowest BCUT2D eigenvalue weighted by Crippen LogP contribution is -2.33. The highest BCUT2D eigenvalue weighted by Crippen LogP contribution is 2.03. The van der Waals surface area contributed by atoms with Gasteiger partial charge in [0, 0.05) is 0 Å². The maximum absolute atomic E-state index is 11.2. The lowest BCUT2D eigenvalue weighted by molar-refractivity contribution is -0.138. The van der Waals surface area contributed by atoms with E-state index < -0.39 is 27.1 Å².